The summed E-state index contributed by atoms with van der Waals surface area (Å²) < 4.78 is 38.8. The van der Waals surface area contributed by atoms with Gasteiger partial charge in [-0.05, 0) is 73.1 Å². The van der Waals surface area contributed by atoms with Crippen LogP contribution in [-0.2, 0) is 43.7 Å². The monoisotopic (exact) mass is 619 g/mol. The fourth-order valence-electron chi connectivity index (χ4n) is 5.34. The van der Waals surface area contributed by atoms with Crippen LogP contribution in [0.5, 0.6) is 5.75 Å². The molecule has 1 saturated heterocycles. The molecule has 2 amide bonds. The molecule has 0 radical (unpaired) electrons. The zero-order valence-electron chi connectivity index (χ0n) is 25.1. The van der Waals surface area contributed by atoms with Crippen LogP contribution in [0.4, 0.5) is 0 Å². The molecule has 2 unspecified atom stereocenters. The van der Waals surface area contributed by atoms with Gasteiger partial charge in [-0.25, -0.2) is 13.1 Å². The Morgan fingerprint density at radius 3 is 2.27 bits per heavy atom. The fraction of sp³-hybridized carbons (Fsp3) is 0.412. The second-order valence-corrected chi connectivity index (χ2v) is 13.2. The summed E-state index contributed by atoms with van der Waals surface area (Å²) in [4.78, 5) is 29.6. The van der Waals surface area contributed by atoms with Crippen molar-refractivity contribution in [1.82, 2.24) is 14.9 Å². The van der Waals surface area contributed by atoms with Crippen molar-refractivity contribution < 1.29 is 27.5 Å². The highest BCUT2D eigenvalue weighted by molar-refractivity contribution is 7.89. The van der Waals surface area contributed by atoms with E-state index < -0.39 is 16.1 Å². The van der Waals surface area contributed by atoms with E-state index in [4.69, 9.17) is 9.47 Å². The van der Waals surface area contributed by atoms with Gasteiger partial charge in [0.25, 0.3) is 0 Å². The zero-order valence-corrected chi connectivity index (χ0v) is 25.9. The van der Waals surface area contributed by atoms with Gasteiger partial charge in [-0.2, -0.15) is 0 Å². The molecule has 1 aliphatic heterocycles. The lowest BCUT2D eigenvalue weighted by molar-refractivity contribution is -0.141. The summed E-state index contributed by atoms with van der Waals surface area (Å²) in [7, 11) is -1.95. The Morgan fingerprint density at radius 1 is 0.932 bits per heavy atom. The van der Waals surface area contributed by atoms with Crippen LogP contribution >= 0.6 is 0 Å². The van der Waals surface area contributed by atoms with E-state index in [1.165, 1.54) is 0 Å². The number of amides is 2. The van der Waals surface area contributed by atoms with Crippen LogP contribution in [0.1, 0.15) is 48.8 Å². The van der Waals surface area contributed by atoms with Crippen LogP contribution in [0.3, 0.4) is 0 Å². The summed E-state index contributed by atoms with van der Waals surface area (Å²) in [5.74, 6) is 0.324. The molecule has 0 aromatic heterocycles. The number of sulfonamides is 1. The first-order valence-electron chi connectivity index (χ1n) is 15.3. The Kier molecular flexibility index (Phi) is 10.7. The number of carbonyl (C=O) groups excluding carboxylic acids is 2. The number of ether oxygens (including phenoxy) is 2. The minimum atomic E-state index is -3.55. The molecule has 0 bridgehead atoms. The molecule has 10 heteroatoms. The number of benzene rings is 3. The van der Waals surface area contributed by atoms with Crippen molar-refractivity contribution in [3.63, 3.8) is 0 Å². The van der Waals surface area contributed by atoms with Crippen molar-refractivity contribution in [3.8, 4) is 5.75 Å². The van der Waals surface area contributed by atoms with Gasteiger partial charge in [0.05, 0.1) is 18.1 Å². The third-order valence-corrected chi connectivity index (χ3v) is 9.61. The van der Waals surface area contributed by atoms with Crippen molar-refractivity contribution in [1.29, 1.82) is 0 Å². The van der Waals surface area contributed by atoms with Crippen LogP contribution in [0.2, 0.25) is 0 Å². The van der Waals surface area contributed by atoms with E-state index >= 15 is 0 Å². The molecule has 9 nitrogen and oxygen atoms in total. The Bertz CT molecular complexity index is 1490. The molecular weight excluding hydrogens is 578 g/mol. The van der Waals surface area contributed by atoms with Gasteiger partial charge >= 0.3 is 0 Å². The van der Waals surface area contributed by atoms with Gasteiger partial charge in [-0.3, -0.25) is 9.59 Å². The standard InChI is InChI=1S/C34H41N3O6S/c1-42-29-16-9-27(10-17-29)24-37(32(22-26-6-3-2-4-7-26)34(39)35-23-30-8-5-21-43-30)33(38)20-13-25-11-18-31(19-12-25)44(40,41)36-28-14-15-28/h2-4,6-7,9-12,16-19,28,30,32,36H,5,8,13-15,20-24H2,1H3,(H,35,39). The number of rotatable bonds is 15. The lowest BCUT2D eigenvalue weighted by atomic mass is 10.0. The first kappa shape index (κ1) is 31.7. The van der Waals surface area contributed by atoms with E-state index in [0.29, 0.717) is 31.7 Å². The van der Waals surface area contributed by atoms with Crippen molar-refractivity contribution in [3.05, 3.63) is 95.6 Å². The minimum absolute atomic E-state index is 0.0201. The lowest BCUT2D eigenvalue weighted by Gasteiger charge is -2.32. The molecule has 1 aliphatic carbocycles. The summed E-state index contributed by atoms with van der Waals surface area (Å²) in [6, 6.07) is 23.1. The number of nitrogens with one attached hydrogen (secondary N) is 2. The smallest absolute Gasteiger partial charge is 0.243 e. The maximum absolute atomic E-state index is 14.0. The molecule has 1 heterocycles. The third-order valence-electron chi connectivity index (χ3n) is 8.07. The average Bonchev–Trinajstić information content (AvgIpc) is 3.69. The fourth-order valence-corrected chi connectivity index (χ4v) is 6.64. The summed E-state index contributed by atoms with van der Waals surface area (Å²) in [5, 5.41) is 3.06. The van der Waals surface area contributed by atoms with Gasteiger partial charge in [-0.1, -0.05) is 54.6 Å². The first-order chi connectivity index (χ1) is 21.3. The average molecular weight is 620 g/mol. The molecule has 234 valence electrons. The number of carbonyl (C=O) groups is 2. The lowest BCUT2D eigenvalue weighted by Crippen LogP contribution is -2.51. The maximum Gasteiger partial charge on any atom is 0.243 e. The summed E-state index contributed by atoms with van der Waals surface area (Å²) in [5.41, 5.74) is 2.67. The van der Waals surface area contributed by atoms with Gasteiger partial charge in [0.1, 0.15) is 11.8 Å². The quantitative estimate of drug-likeness (QED) is 0.266. The number of hydrogen-bond donors (Lipinski definition) is 2. The van der Waals surface area contributed by atoms with E-state index in [1.807, 2.05) is 54.6 Å². The van der Waals surface area contributed by atoms with E-state index in [9.17, 15) is 18.0 Å². The van der Waals surface area contributed by atoms with Gasteiger partial charge < -0.3 is 19.7 Å². The second kappa shape index (κ2) is 14.8. The molecule has 2 aliphatic rings. The first-order valence-corrected chi connectivity index (χ1v) is 16.8. The number of aryl methyl sites for hydroxylation is 1. The normalized spacial score (nSPS) is 17.2. The van der Waals surface area contributed by atoms with Crippen LogP contribution in [0, 0.1) is 0 Å². The van der Waals surface area contributed by atoms with Gasteiger partial charge in [-0.15, -0.1) is 0 Å². The summed E-state index contributed by atoms with van der Waals surface area (Å²) >= 11 is 0. The molecule has 5 rings (SSSR count). The summed E-state index contributed by atoms with van der Waals surface area (Å²) in [6.07, 6.45) is 4.51. The predicted molar refractivity (Wildman–Crippen MR) is 168 cm³/mol. The molecule has 0 spiro atoms. The van der Waals surface area contributed by atoms with Crippen LogP contribution in [-0.4, -0.2) is 63.6 Å². The van der Waals surface area contributed by atoms with Crippen molar-refractivity contribution in [2.75, 3.05) is 20.3 Å². The molecule has 3 aromatic rings. The maximum atomic E-state index is 14.0. The molecule has 2 fully saturated rings. The molecule has 3 aromatic carbocycles. The molecule has 2 N–H and O–H groups in total. The van der Waals surface area contributed by atoms with Crippen molar-refractivity contribution in [2.45, 2.75) is 74.6 Å². The highest BCUT2D eigenvalue weighted by atomic mass is 32.2. The Labute approximate surface area is 260 Å². The van der Waals surface area contributed by atoms with E-state index in [-0.39, 0.29) is 41.8 Å². The van der Waals surface area contributed by atoms with Crippen molar-refractivity contribution >= 4 is 21.8 Å². The van der Waals surface area contributed by atoms with E-state index in [2.05, 4.69) is 10.0 Å². The molecule has 2 atom stereocenters. The Morgan fingerprint density at radius 2 is 1.64 bits per heavy atom. The number of methoxy groups -OCH3 is 1. The highest BCUT2D eigenvalue weighted by Crippen LogP contribution is 2.23. The zero-order chi connectivity index (χ0) is 30.9. The van der Waals surface area contributed by atoms with E-state index in [1.54, 1.807) is 36.3 Å². The topological polar surface area (TPSA) is 114 Å². The van der Waals surface area contributed by atoms with Gasteiger partial charge in [0.2, 0.25) is 21.8 Å². The second-order valence-electron chi connectivity index (χ2n) is 11.5. The van der Waals surface area contributed by atoms with Gasteiger partial charge in [0.15, 0.2) is 0 Å². The van der Waals surface area contributed by atoms with Crippen molar-refractivity contribution in [2.24, 2.45) is 0 Å². The highest BCUT2D eigenvalue weighted by Gasteiger charge is 2.31. The summed E-state index contributed by atoms with van der Waals surface area (Å²) in [6.45, 7) is 1.34. The third kappa shape index (κ3) is 8.90. The number of hydrogen-bond acceptors (Lipinski definition) is 6. The largest absolute Gasteiger partial charge is 0.497 e. The van der Waals surface area contributed by atoms with Crippen LogP contribution in [0.25, 0.3) is 0 Å². The number of nitrogens with zero attached hydrogens (tertiary/aromatic N) is 1. The minimum Gasteiger partial charge on any atom is -0.497 e. The van der Waals surface area contributed by atoms with Crippen LogP contribution in [0.15, 0.2) is 83.8 Å². The SMILES string of the molecule is COc1ccc(CN(C(=O)CCc2ccc(S(=O)(=O)NC3CC3)cc2)C(Cc2ccccc2)C(=O)NCC2CCCO2)cc1. The van der Waals surface area contributed by atoms with Crippen LogP contribution < -0.4 is 14.8 Å². The molecular formula is C34H41N3O6S. The van der Waals surface area contributed by atoms with Gasteiger partial charge in [0, 0.05) is 38.6 Å². The molecule has 1 saturated carbocycles. The predicted octanol–water partition coefficient (Wildman–Crippen LogP) is 4.00. The Balaban J connectivity index is 1.34. The Hall–Kier alpha value is -3.73. The van der Waals surface area contributed by atoms with E-state index in [0.717, 1.165) is 42.4 Å². The molecule has 44 heavy (non-hydrogen) atoms.